The Bertz CT molecular complexity index is 806. The highest BCUT2D eigenvalue weighted by Crippen LogP contribution is 2.31. The molecule has 0 aliphatic heterocycles. The highest BCUT2D eigenvalue weighted by atomic mass is 32.1. The molecule has 2 aromatic heterocycles. The van der Waals surface area contributed by atoms with Crippen LogP contribution in [-0.4, -0.2) is 11.1 Å². The number of aromatic nitrogens is 1. The summed E-state index contributed by atoms with van der Waals surface area (Å²) in [7, 11) is 0. The molecule has 3 aromatic rings. The summed E-state index contributed by atoms with van der Waals surface area (Å²) in [5.74, 6) is -0.182. The van der Waals surface area contributed by atoms with Crippen LogP contribution in [0.2, 0.25) is 0 Å². The van der Waals surface area contributed by atoms with E-state index in [-0.39, 0.29) is 5.91 Å². The monoisotopic (exact) mass is 326 g/mol. The molecule has 2 heterocycles. The minimum Gasteiger partial charge on any atom is -0.364 e. The molecule has 0 bridgehead atoms. The Balaban J connectivity index is 1.83. The van der Waals surface area contributed by atoms with Crippen molar-refractivity contribution in [1.29, 1.82) is 0 Å². The average molecular weight is 326 g/mol. The van der Waals surface area contributed by atoms with Gasteiger partial charge >= 0.3 is 0 Å². The van der Waals surface area contributed by atoms with Crippen molar-refractivity contribution in [3.05, 3.63) is 64.4 Å². The Labute approximate surface area is 139 Å². The van der Waals surface area contributed by atoms with Crippen LogP contribution in [0.25, 0.3) is 10.4 Å². The Morgan fingerprint density at radius 3 is 2.87 bits per heavy atom. The number of carbonyl (C=O) groups is 1. The van der Waals surface area contributed by atoms with Gasteiger partial charge in [0.2, 0.25) is 0 Å². The molecule has 0 saturated heterocycles. The van der Waals surface area contributed by atoms with Gasteiger partial charge in [-0.1, -0.05) is 35.8 Å². The quantitative estimate of drug-likeness (QED) is 0.764. The van der Waals surface area contributed by atoms with Gasteiger partial charge < -0.3 is 9.84 Å². The maximum absolute atomic E-state index is 12.0. The van der Waals surface area contributed by atoms with Crippen LogP contribution in [0.4, 0.5) is 0 Å². The molecule has 1 amide bonds. The van der Waals surface area contributed by atoms with E-state index in [0.717, 1.165) is 12.0 Å². The second-order valence-corrected chi connectivity index (χ2v) is 6.54. The van der Waals surface area contributed by atoms with Crippen LogP contribution in [0.15, 0.2) is 47.3 Å². The summed E-state index contributed by atoms with van der Waals surface area (Å²) in [6.45, 7) is 4.71. The summed E-state index contributed by atoms with van der Waals surface area (Å²) >= 11 is 1.80. The van der Waals surface area contributed by atoms with Crippen LogP contribution in [0, 0.1) is 6.92 Å². The fourth-order valence-corrected chi connectivity index (χ4v) is 3.38. The van der Waals surface area contributed by atoms with Crippen molar-refractivity contribution in [1.82, 2.24) is 10.5 Å². The van der Waals surface area contributed by atoms with Crippen LogP contribution in [-0.2, 0) is 13.0 Å². The molecule has 4 nitrogen and oxygen atoms in total. The molecule has 0 fully saturated rings. The lowest BCUT2D eigenvalue weighted by Gasteiger charge is -2.10. The van der Waals surface area contributed by atoms with Crippen molar-refractivity contribution in [2.45, 2.75) is 26.8 Å². The molecule has 0 unspecified atom stereocenters. The van der Waals surface area contributed by atoms with E-state index >= 15 is 0 Å². The van der Waals surface area contributed by atoms with Crippen molar-refractivity contribution in [3.63, 3.8) is 0 Å². The number of hydrogen-bond acceptors (Lipinski definition) is 4. The van der Waals surface area contributed by atoms with Crippen LogP contribution in [0.3, 0.4) is 0 Å². The lowest BCUT2D eigenvalue weighted by atomic mass is 10.0. The summed E-state index contributed by atoms with van der Waals surface area (Å²) < 4.78 is 4.70. The Morgan fingerprint density at radius 1 is 1.30 bits per heavy atom. The summed E-state index contributed by atoms with van der Waals surface area (Å²) in [4.78, 5) is 14.6. The van der Waals surface area contributed by atoms with Crippen molar-refractivity contribution in [2.75, 3.05) is 0 Å². The number of thiophene rings is 1. The lowest BCUT2D eigenvalue weighted by molar-refractivity contribution is 0.0950. The Hall–Kier alpha value is -2.40. The SMILES string of the molecule is CCc1ccc(-c2cc(C)ccc2CNC(=O)c2cnoc2)s1. The molecular weight excluding hydrogens is 308 g/mol. The highest BCUT2D eigenvalue weighted by Gasteiger charge is 2.11. The first-order valence-corrected chi connectivity index (χ1v) is 8.35. The second kappa shape index (κ2) is 6.79. The van der Waals surface area contributed by atoms with Gasteiger partial charge in [0.15, 0.2) is 0 Å². The third-order valence-corrected chi connectivity index (χ3v) is 4.94. The Kier molecular flexibility index (Phi) is 4.57. The summed E-state index contributed by atoms with van der Waals surface area (Å²) in [6.07, 6.45) is 3.80. The number of amides is 1. The third-order valence-electron chi connectivity index (χ3n) is 3.67. The minimum atomic E-state index is -0.182. The van der Waals surface area contributed by atoms with Crippen molar-refractivity contribution in [3.8, 4) is 10.4 Å². The zero-order valence-corrected chi connectivity index (χ0v) is 13.9. The fraction of sp³-hybridized carbons (Fsp3) is 0.222. The number of carbonyl (C=O) groups excluding carboxylic acids is 1. The molecule has 0 radical (unpaired) electrons. The van der Waals surface area contributed by atoms with E-state index in [9.17, 15) is 4.79 Å². The molecule has 1 N–H and O–H groups in total. The van der Waals surface area contributed by atoms with E-state index in [1.54, 1.807) is 11.3 Å². The van der Waals surface area contributed by atoms with Crippen LogP contribution in [0.5, 0.6) is 0 Å². The average Bonchev–Trinajstić information content (AvgIpc) is 3.24. The zero-order valence-electron chi connectivity index (χ0n) is 13.1. The zero-order chi connectivity index (χ0) is 16.2. The topological polar surface area (TPSA) is 55.1 Å². The number of nitrogens with one attached hydrogen (secondary N) is 1. The largest absolute Gasteiger partial charge is 0.364 e. The fourth-order valence-electron chi connectivity index (χ4n) is 2.38. The van der Waals surface area contributed by atoms with Gasteiger partial charge in [0.1, 0.15) is 6.26 Å². The van der Waals surface area contributed by atoms with Crippen LogP contribution < -0.4 is 5.32 Å². The molecule has 3 rings (SSSR count). The normalized spacial score (nSPS) is 10.7. The van der Waals surface area contributed by atoms with Crippen LogP contribution in [0.1, 0.15) is 33.3 Å². The minimum absolute atomic E-state index is 0.182. The van der Waals surface area contributed by atoms with Gasteiger partial charge in [-0.2, -0.15) is 0 Å². The first-order chi connectivity index (χ1) is 11.2. The van der Waals surface area contributed by atoms with E-state index in [2.05, 4.69) is 54.7 Å². The van der Waals surface area contributed by atoms with Gasteiger partial charge in [0, 0.05) is 16.3 Å². The van der Waals surface area contributed by atoms with Gasteiger partial charge in [-0.05, 0) is 36.6 Å². The van der Waals surface area contributed by atoms with E-state index in [4.69, 9.17) is 4.52 Å². The summed E-state index contributed by atoms with van der Waals surface area (Å²) in [6, 6.07) is 10.6. The highest BCUT2D eigenvalue weighted by molar-refractivity contribution is 7.15. The number of hydrogen-bond donors (Lipinski definition) is 1. The molecule has 0 spiro atoms. The molecule has 0 aliphatic rings. The maximum Gasteiger partial charge on any atom is 0.256 e. The number of nitrogens with zero attached hydrogens (tertiary/aromatic N) is 1. The number of benzene rings is 1. The standard InChI is InChI=1S/C18H18N2O2S/c1-3-15-6-7-17(23-15)16-8-12(2)4-5-13(16)9-19-18(21)14-10-20-22-11-14/h4-8,10-11H,3,9H2,1-2H3,(H,19,21). The first-order valence-electron chi connectivity index (χ1n) is 7.53. The van der Waals surface area contributed by atoms with Gasteiger partial charge in [0.25, 0.3) is 5.91 Å². The van der Waals surface area contributed by atoms with Crippen molar-refractivity contribution in [2.24, 2.45) is 0 Å². The van der Waals surface area contributed by atoms with Gasteiger partial charge in [-0.15, -0.1) is 11.3 Å². The molecule has 23 heavy (non-hydrogen) atoms. The van der Waals surface area contributed by atoms with Gasteiger partial charge in [-0.25, -0.2) is 0 Å². The molecule has 0 saturated carbocycles. The molecule has 0 aliphatic carbocycles. The summed E-state index contributed by atoms with van der Waals surface area (Å²) in [5.41, 5.74) is 3.92. The summed E-state index contributed by atoms with van der Waals surface area (Å²) in [5, 5.41) is 6.47. The van der Waals surface area contributed by atoms with Gasteiger partial charge in [-0.3, -0.25) is 4.79 Å². The van der Waals surface area contributed by atoms with E-state index < -0.39 is 0 Å². The van der Waals surface area contributed by atoms with Crippen LogP contribution >= 0.6 is 11.3 Å². The first kappa shape index (κ1) is 15.5. The number of rotatable bonds is 5. The van der Waals surface area contributed by atoms with Crippen molar-refractivity contribution >= 4 is 17.2 Å². The maximum atomic E-state index is 12.0. The van der Waals surface area contributed by atoms with Crippen molar-refractivity contribution < 1.29 is 9.32 Å². The second-order valence-electron chi connectivity index (χ2n) is 5.38. The Morgan fingerprint density at radius 2 is 2.17 bits per heavy atom. The number of aryl methyl sites for hydroxylation is 2. The molecular formula is C18H18N2O2S. The van der Waals surface area contributed by atoms with E-state index in [1.165, 1.54) is 33.3 Å². The third kappa shape index (κ3) is 3.51. The smallest absolute Gasteiger partial charge is 0.256 e. The lowest BCUT2D eigenvalue weighted by Crippen LogP contribution is -2.22. The molecule has 1 aromatic carbocycles. The molecule has 5 heteroatoms. The predicted molar refractivity (Wildman–Crippen MR) is 91.5 cm³/mol. The van der Waals surface area contributed by atoms with Gasteiger partial charge in [0.05, 0.1) is 11.8 Å². The molecule has 118 valence electrons. The predicted octanol–water partition coefficient (Wildman–Crippen LogP) is 4.20. The van der Waals surface area contributed by atoms with E-state index in [1.807, 2.05) is 0 Å². The van der Waals surface area contributed by atoms with E-state index in [0.29, 0.717) is 12.1 Å². The molecule has 0 atom stereocenters.